The summed E-state index contributed by atoms with van der Waals surface area (Å²) in [4.78, 5) is 14.8. The first-order valence-corrected chi connectivity index (χ1v) is 11.6. The summed E-state index contributed by atoms with van der Waals surface area (Å²) in [6.07, 6.45) is 1.51. The monoisotopic (exact) mass is 502 g/mol. The van der Waals surface area contributed by atoms with E-state index >= 15 is 0 Å². The number of piperidine rings is 1. The first kappa shape index (κ1) is 24.2. The number of ether oxygens (including phenoxy) is 2. The lowest BCUT2D eigenvalue weighted by molar-refractivity contribution is -0.147. The highest BCUT2D eigenvalue weighted by molar-refractivity contribution is 9.10. The molecule has 1 saturated heterocycles. The Labute approximate surface area is 197 Å². The molecule has 1 unspecified atom stereocenters. The van der Waals surface area contributed by atoms with E-state index in [1.165, 1.54) is 17.7 Å². The van der Waals surface area contributed by atoms with Crippen LogP contribution in [-0.4, -0.2) is 37.7 Å². The molecule has 2 aromatic rings. The maximum absolute atomic E-state index is 13.7. The summed E-state index contributed by atoms with van der Waals surface area (Å²) in [6.45, 7) is 4.37. The Kier molecular flexibility index (Phi) is 8.27. The maximum atomic E-state index is 13.7. The number of nitriles is 1. The minimum atomic E-state index is -0.572. The minimum Gasteiger partial charge on any atom is -0.497 e. The summed E-state index contributed by atoms with van der Waals surface area (Å²) < 4.78 is 24.7. The molecule has 0 aromatic heterocycles. The number of carbonyl (C=O) groups excluding carboxylic acids is 1. The summed E-state index contributed by atoms with van der Waals surface area (Å²) in [5.74, 6) is -0.395. The summed E-state index contributed by atoms with van der Waals surface area (Å²) in [7, 11) is 1.65. The van der Waals surface area contributed by atoms with Crippen LogP contribution in [-0.2, 0) is 16.1 Å². The molecule has 32 heavy (non-hydrogen) atoms. The van der Waals surface area contributed by atoms with Gasteiger partial charge in [0.05, 0.1) is 32.1 Å². The van der Waals surface area contributed by atoms with Crippen LogP contribution in [0.5, 0.6) is 5.75 Å². The molecule has 1 aliphatic heterocycles. The van der Waals surface area contributed by atoms with Crippen molar-refractivity contribution in [2.24, 2.45) is 5.41 Å². The molecular weight excluding hydrogens is 475 g/mol. The van der Waals surface area contributed by atoms with Crippen LogP contribution in [0.3, 0.4) is 0 Å². The van der Waals surface area contributed by atoms with Gasteiger partial charge >= 0.3 is 5.97 Å². The third-order valence-electron chi connectivity index (χ3n) is 6.23. The summed E-state index contributed by atoms with van der Waals surface area (Å²) in [6, 6.07) is 14.8. The molecule has 5 nitrogen and oxygen atoms in total. The number of likely N-dealkylation sites (tertiary alicyclic amines) is 1. The Bertz CT molecular complexity index is 966. The van der Waals surface area contributed by atoms with Crippen molar-refractivity contribution < 1.29 is 18.7 Å². The Balaban J connectivity index is 1.81. The van der Waals surface area contributed by atoms with Gasteiger partial charge in [-0.15, -0.1) is 0 Å². The third kappa shape index (κ3) is 5.67. The molecule has 1 aliphatic rings. The molecule has 1 heterocycles. The fraction of sp³-hybridized carbons (Fsp3) is 0.440. The summed E-state index contributed by atoms with van der Waals surface area (Å²) in [5.41, 5.74) is 1.32. The van der Waals surface area contributed by atoms with Gasteiger partial charge in [0.1, 0.15) is 11.6 Å². The molecule has 170 valence electrons. The number of esters is 1. The second kappa shape index (κ2) is 10.9. The van der Waals surface area contributed by atoms with Crippen LogP contribution in [0.15, 0.2) is 46.9 Å². The fourth-order valence-electron chi connectivity index (χ4n) is 4.48. The van der Waals surface area contributed by atoms with Gasteiger partial charge in [-0.25, -0.2) is 4.39 Å². The normalized spacial score (nSPS) is 16.7. The number of hydrogen-bond donors (Lipinski definition) is 0. The molecule has 0 amide bonds. The van der Waals surface area contributed by atoms with Gasteiger partial charge in [-0.3, -0.25) is 9.69 Å². The van der Waals surface area contributed by atoms with Crippen LogP contribution in [0, 0.1) is 22.6 Å². The molecule has 0 saturated carbocycles. The van der Waals surface area contributed by atoms with Gasteiger partial charge in [0.25, 0.3) is 0 Å². The number of carbonyl (C=O) groups is 1. The largest absolute Gasteiger partial charge is 0.497 e. The Morgan fingerprint density at radius 3 is 2.50 bits per heavy atom. The zero-order valence-corrected chi connectivity index (χ0v) is 20.0. The highest BCUT2D eigenvalue weighted by atomic mass is 79.9. The number of methoxy groups -OCH3 is 1. The van der Waals surface area contributed by atoms with Crippen molar-refractivity contribution in [2.75, 3.05) is 26.8 Å². The van der Waals surface area contributed by atoms with Gasteiger partial charge in [0.2, 0.25) is 0 Å². The Morgan fingerprint density at radius 1 is 1.25 bits per heavy atom. The van der Waals surface area contributed by atoms with Gasteiger partial charge in [0.15, 0.2) is 0 Å². The standard InChI is InChI=1S/C25H28BrFN2O3/c1-3-32-24(30)15-25(22(16-28)21-9-6-19(27)14-23(21)26)10-12-29(13-11-25)17-18-4-7-20(31-2)8-5-18/h4-9,14,22H,3,10-13,15,17H2,1-2H3. The van der Waals surface area contributed by atoms with Crippen LogP contribution in [0.1, 0.15) is 43.2 Å². The fourth-order valence-corrected chi connectivity index (χ4v) is 5.06. The quantitative estimate of drug-likeness (QED) is 0.449. The average molecular weight is 503 g/mol. The molecule has 1 atom stereocenters. The number of halogens is 2. The van der Waals surface area contributed by atoms with Gasteiger partial charge < -0.3 is 9.47 Å². The van der Waals surface area contributed by atoms with Crippen molar-refractivity contribution in [3.05, 3.63) is 63.9 Å². The molecule has 1 fully saturated rings. The smallest absolute Gasteiger partial charge is 0.306 e. The van der Waals surface area contributed by atoms with Gasteiger partial charge in [0, 0.05) is 16.4 Å². The second-order valence-electron chi connectivity index (χ2n) is 8.20. The minimum absolute atomic E-state index is 0.166. The van der Waals surface area contributed by atoms with E-state index in [4.69, 9.17) is 9.47 Å². The average Bonchev–Trinajstić information content (AvgIpc) is 2.78. The van der Waals surface area contributed by atoms with Crippen molar-refractivity contribution >= 4 is 21.9 Å². The van der Waals surface area contributed by atoms with E-state index in [9.17, 15) is 14.4 Å². The molecule has 0 N–H and O–H groups in total. The maximum Gasteiger partial charge on any atom is 0.306 e. The highest BCUT2D eigenvalue weighted by Crippen LogP contribution is 2.49. The Morgan fingerprint density at radius 2 is 1.94 bits per heavy atom. The van der Waals surface area contributed by atoms with Crippen molar-refractivity contribution in [3.63, 3.8) is 0 Å². The lowest BCUT2D eigenvalue weighted by Crippen LogP contribution is -2.44. The van der Waals surface area contributed by atoms with Gasteiger partial charge in [-0.05, 0) is 68.2 Å². The molecule has 3 rings (SSSR count). The van der Waals surface area contributed by atoms with Crippen LogP contribution in [0.2, 0.25) is 0 Å². The van der Waals surface area contributed by atoms with E-state index in [-0.39, 0.29) is 18.2 Å². The predicted octanol–water partition coefficient (Wildman–Crippen LogP) is 5.44. The van der Waals surface area contributed by atoms with E-state index in [0.717, 1.165) is 25.4 Å². The van der Waals surface area contributed by atoms with Crippen molar-refractivity contribution in [1.29, 1.82) is 5.26 Å². The first-order valence-electron chi connectivity index (χ1n) is 10.8. The van der Waals surface area contributed by atoms with E-state index in [0.29, 0.717) is 29.5 Å². The van der Waals surface area contributed by atoms with E-state index in [2.05, 4.69) is 26.9 Å². The van der Waals surface area contributed by atoms with Crippen molar-refractivity contribution in [3.8, 4) is 11.8 Å². The number of benzene rings is 2. The van der Waals surface area contributed by atoms with Crippen LogP contribution in [0.25, 0.3) is 0 Å². The van der Waals surface area contributed by atoms with Gasteiger partial charge in [-0.1, -0.05) is 34.1 Å². The van der Waals surface area contributed by atoms with Crippen LogP contribution >= 0.6 is 15.9 Å². The topological polar surface area (TPSA) is 62.6 Å². The third-order valence-corrected chi connectivity index (χ3v) is 6.92. The lowest BCUT2D eigenvalue weighted by Gasteiger charge is -2.44. The van der Waals surface area contributed by atoms with E-state index in [1.807, 2.05) is 24.3 Å². The van der Waals surface area contributed by atoms with Crippen LogP contribution < -0.4 is 4.74 Å². The molecule has 7 heteroatoms. The number of nitrogens with zero attached hydrogens (tertiary/aromatic N) is 2. The number of hydrogen-bond acceptors (Lipinski definition) is 5. The highest BCUT2D eigenvalue weighted by Gasteiger charge is 2.45. The van der Waals surface area contributed by atoms with Crippen molar-refractivity contribution in [1.82, 2.24) is 4.90 Å². The Hall–Kier alpha value is -2.43. The van der Waals surface area contributed by atoms with Crippen molar-refractivity contribution in [2.45, 2.75) is 38.6 Å². The molecule has 0 aliphatic carbocycles. The van der Waals surface area contributed by atoms with Gasteiger partial charge in [-0.2, -0.15) is 5.26 Å². The lowest BCUT2D eigenvalue weighted by atomic mass is 9.64. The molecule has 0 radical (unpaired) electrons. The molecule has 2 aromatic carbocycles. The molecule has 0 spiro atoms. The SMILES string of the molecule is CCOC(=O)CC1(C(C#N)c2ccc(F)cc2Br)CCN(Cc2ccc(OC)cc2)CC1. The van der Waals surface area contributed by atoms with E-state index in [1.54, 1.807) is 20.1 Å². The predicted molar refractivity (Wildman–Crippen MR) is 124 cm³/mol. The summed E-state index contributed by atoms with van der Waals surface area (Å²) >= 11 is 3.42. The second-order valence-corrected chi connectivity index (χ2v) is 9.05. The number of rotatable bonds is 8. The van der Waals surface area contributed by atoms with E-state index < -0.39 is 11.3 Å². The molecular formula is C25H28BrFN2O3. The summed E-state index contributed by atoms with van der Waals surface area (Å²) in [5, 5.41) is 10.1. The zero-order chi connectivity index (χ0) is 23.1. The molecule has 0 bridgehead atoms. The first-order chi connectivity index (χ1) is 15.4. The van der Waals surface area contributed by atoms with Crippen LogP contribution in [0.4, 0.5) is 4.39 Å². The zero-order valence-electron chi connectivity index (χ0n) is 18.4.